The molecule has 0 aromatic carbocycles. The SMILES string of the molecule is Cc1ccc(CN2CCN(c3ncccc3Cl)C[C@H]2CCO)o1. The van der Waals surface area contributed by atoms with Crippen molar-refractivity contribution in [3.8, 4) is 0 Å². The zero-order valence-electron chi connectivity index (χ0n) is 13.3. The fourth-order valence-corrected chi connectivity index (χ4v) is 3.34. The van der Waals surface area contributed by atoms with Gasteiger partial charge >= 0.3 is 0 Å². The van der Waals surface area contributed by atoms with E-state index < -0.39 is 0 Å². The van der Waals surface area contributed by atoms with E-state index in [0.717, 1.165) is 49.9 Å². The van der Waals surface area contributed by atoms with Crippen molar-refractivity contribution in [3.05, 3.63) is 47.0 Å². The van der Waals surface area contributed by atoms with E-state index in [-0.39, 0.29) is 12.6 Å². The summed E-state index contributed by atoms with van der Waals surface area (Å²) >= 11 is 6.27. The Kier molecular flexibility index (Phi) is 5.20. The van der Waals surface area contributed by atoms with Gasteiger partial charge in [0.2, 0.25) is 0 Å². The van der Waals surface area contributed by atoms with E-state index in [0.29, 0.717) is 5.02 Å². The topological polar surface area (TPSA) is 52.7 Å². The molecule has 1 saturated heterocycles. The molecule has 5 nitrogen and oxygen atoms in total. The number of furan rings is 1. The van der Waals surface area contributed by atoms with Crippen LogP contribution < -0.4 is 4.90 Å². The first-order valence-electron chi connectivity index (χ1n) is 7.93. The van der Waals surface area contributed by atoms with Gasteiger partial charge in [0.15, 0.2) is 0 Å². The maximum absolute atomic E-state index is 9.41. The van der Waals surface area contributed by atoms with Gasteiger partial charge in [0.1, 0.15) is 17.3 Å². The highest BCUT2D eigenvalue weighted by Crippen LogP contribution is 2.26. The quantitative estimate of drug-likeness (QED) is 0.910. The van der Waals surface area contributed by atoms with E-state index in [1.54, 1.807) is 6.20 Å². The second-order valence-corrected chi connectivity index (χ2v) is 6.31. The molecule has 0 saturated carbocycles. The van der Waals surface area contributed by atoms with Gasteiger partial charge in [-0.1, -0.05) is 11.6 Å². The van der Waals surface area contributed by atoms with Crippen molar-refractivity contribution in [2.24, 2.45) is 0 Å². The number of aliphatic hydroxyl groups excluding tert-OH is 1. The van der Waals surface area contributed by atoms with Gasteiger partial charge in [0.25, 0.3) is 0 Å². The van der Waals surface area contributed by atoms with E-state index in [9.17, 15) is 5.11 Å². The second-order valence-electron chi connectivity index (χ2n) is 5.90. The summed E-state index contributed by atoms with van der Waals surface area (Å²) in [6.45, 7) is 5.44. The predicted molar refractivity (Wildman–Crippen MR) is 90.8 cm³/mol. The molecule has 124 valence electrons. The van der Waals surface area contributed by atoms with Crippen molar-refractivity contribution in [2.75, 3.05) is 31.1 Å². The minimum atomic E-state index is 0.169. The highest BCUT2D eigenvalue weighted by atomic mass is 35.5. The third-order valence-electron chi connectivity index (χ3n) is 4.26. The van der Waals surface area contributed by atoms with Crippen LogP contribution in [0.3, 0.4) is 0 Å². The smallest absolute Gasteiger partial charge is 0.147 e. The van der Waals surface area contributed by atoms with E-state index in [1.165, 1.54) is 0 Å². The molecule has 0 amide bonds. The average molecular weight is 336 g/mol. The average Bonchev–Trinajstić information content (AvgIpc) is 2.95. The van der Waals surface area contributed by atoms with Crippen LogP contribution in [0.1, 0.15) is 17.9 Å². The Bertz CT molecular complexity index is 646. The molecule has 1 N–H and O–H groups in total. The highest BCUT2D eigenvalue weighted by molar-refractivity contribution is 6.32. The Balaban J connectivity index is 1.71. The van der Waals surface area contributed by atoms with E-state index in [4.69, 9.17) is 16.0 Å². The first-order valence-corrected chi connectivity index (χ1v) is 8.31. The molecule has 0 bridgehead atoms. The number of piperazine rings is 1. The fourth-order valence-electron chi connectivity index (χ4n) is 3.10. The molecule has 3 heterocycles. The fraction of sp³-hybridized carbons (Fsp3) is 0.471. The van der Waals surface area contributed by atoms with Crippen molar-refractivity contribution in [1.29, 1.82) is 0 Å². The summed E-state index contributed by atoms with van der Waals surface area (Å²) in [5.41, 5.74) is 0. The summed E-state index contributed by atoms with van der Waals surface area (Å²) in [6.07, 6.45) is 2.49. The summed E-state index contributed by atoms with van der Waals surface area (Å²) < 4.78 is 5.69. The molecule has 2 aromatic rings. The summed E-state index contributed by atoms with van der Waals surface area (Å²) in [7, 11) is 0. The molecule has 0 aliphatic carbocycles. The number of hydrogen-bond donors (Lipinski definition) is 1. The van der Waals surface area contributed by atoms with Crippen LogP contribution in [0.5, 0.6) is 0 Å². The van der Waals surface area contributed by atoms with Gasteiger partial charge in [-0.25, -0.2) is 4.98 Å². The lowest BCUT2D eigenvalue weighted by Crippen LogP contribution is -2.53. The second kappa shape index (κ2) is 7.34. The van der Waals surface area contributed by atoms with Gasteiger partial charge in [-0.3, -0.25) is 4.90 Å². The molecule has 1 fully saturated rings. The number of nitrogens with zero attached hydrogens (tertiary/aromatic N) is 3. The number of rotatable bonds is 5. The van der Waals surface area contributed by atoms with E-state index in [1.807, 2.05) is 31.2 Å². The van der Waals surface area contributed by atoms with Gasteiger partial charge in [0, 0.05) is 38.5 Å². The van der Waals surface area contributed by atoms with Crippen molar-refractivity contribution >= 4 is 17.4 Å². The molecule has 3 rings (SSSR count). The third kappa shape index (κ3) is 3.86. The summed E-state index contributed by atoms with van der Waals surface area (Å²) in [6, 6.07) is 7.96. The van der Waals surface area contributed by atoms with Gasteiger partial charge in [-0.15, -0.1) is 0 Å². The first kappa shape index (κ1) is 16.3. The minimum Gasteiger partial charge on any atom is -0.465 e. The van der Waals surface area contributed by atoms with Crippen LogP contribution in [-0.2, 0) is 6.54 Å². The van der Waals surface area contributed by atoms with Crippen LogP contribution in [-0.4, -0.2) is 47.3 Å². The zero-order valence-corrected chi connectivity index (χ0v) is 14.0. The predicted octanol–water partition coefficient (Wildman–Crippen LogP) is 2.71. The lowest BCUT2D eigenvalue weighted by molar-refractivity contribution is 0.126. The van der Waals surface area contributed by atoms with Crippen LogP contribution in [0.15, 0.2) is 34.9 Å². The molecular weight excluding hydrogens is 314 g/mol. The Morgan fingerprint density at radius 3 is 2.91 bits per heavy atom. The maximum atomic E-state index is 9.41. The summed E-state index contributed by atoms with van der Waals surface area (Å²) in [5.74, 6) is 2.72. The summed E-state index contributed by atoms with van der Waals surface area (Å²) in [5, 5.41) is 10.1. The number of aliphatic hydroxyl groups is 1. The van der Waals surface area contributed by atoms with Crippen LogP contribution in [0.4, 0.5) is 5.82 Å². The Hall–Kier alpha value is -1.56. The van der Waals surface area contributed by atoms with Crippen LogP contribution >= 0.6 is 11.6 Å². The molecule has 1 atom stereocenters. The Labute approximate surface area is 141 Å². The lowest BCUT2D eigenvalue weighted by Gasteiger charge is -2.41. The summed E-state index contributed by atoms with van der Waals surface area (Å²) in [4.78, 5) is 8.97. The largest absolute Gasteiger partial charge is 0.465 e. The number of halogens is 1. The van der Waals surface area contributed by atoms with Crippen molar-refractivity contribution in [3.63, 3.8) is 0 Å². The normalized spacial score (nSPS) is 19.3. The maximum Gasteiger partial charge on any atom is 0.147 e. The van der Waals surface area contributed by atoms with Crippen LogP contribution in [0.25, 0.3) is 0 Å². The molecule has 6 heteroatoms. The van der Waals surface area contributed by atoms with E-state index in [2.05, 4.69) is 14.8 Å². The minimum absolute atomic E-state index is 0.169. The molecule has 2 aromatic heterocycles. The molecule has 23 heavy (non-hydrogen) atoms. The van der Waals surface area contributed by atoms with E-state index >= 15 is 0 Å². The Morgan fingerprint density at radius 2 is 2.22 bits per heavy atom. The van der Waals surface area contributed by atoms with Crippen molar-refractivity contribution in [2.45, 2.75) is 25.9 Å². The number of anilines is 1. The number of aromatic nitrogens is 1. The molecular formula is C17H22ClN3O2. The first-order chi connectivity index (χ1) is 11.2. The molecule has 1 aliphatic rings. The number of aryl methyl sites for hydroxylation is 1. The lowest BCUT2D eigenvalue weighted by atomic mass is 10.1. The number of pyridine rings is 1. The number of hydrogen-bond acceptors (Lipinski definition) is 5. The molecule has 0 spiro atoms. The molecule has 0 radical (unpaired) electrons. The zero-order chi connectivity index (χ0) is 16.2. The molecule has 0 unspecified atom stereocenters. The van der Waals surface area contributed by atoms with Gasteiger partial charge < -0.3 is 14.4 Å². The monoisotopic (exact) mass is 335 g/mol. The van der Waals surface area contributed by atoms with Crippen molar-refractivity contribution in [1.82, 2.24) is 9.88 Å². The van der Waals surface area contributed by atoms with Crippen molar-refractivity contribution < 1.29 is 9.52 Å². The van der Waals surface area contributed by atoms with Crippen LogP contribution in [0.2, 0.25) is 5.02 Å². The highest BCUT2D eigenvalue weighted by Gasteiger charge is 2.28. The Morgan fingerprint density at radius 1 is 1.35 bits per heavy atom. The van der Waals surface area contributed by atoms with Gasteiger partial charge in [-0.05, 0) is 37.6 Å². The van der Waals surface area contributed by atoms with Gasteiger partial charge in [0.05, 0.1) is 11.6 Å². The molecule has 1 aliphatic heterocycles. The third-order valence-corrected chi connectivity index (χ3v) is 4.56. The van der Waals surface area contributed by atoms with Crippen LogP contribution in [0, 0.1) is 6.92 Å². The van der Waals surface area contributed by atoms with Gasteiger partial charge in [-0.2, -0.15) is 0 Å². The standard InChI is InChI=1S/C17H22ClN3O2/c1-13-4-5-15(23-13)12-20-8-9-21(11-14(20)6-10-22)17-16(18)3-2-7-19-17/h2-5,7,14,22H,6,8-12H2,1H3/t14-/m1/s1.